The molecule has 0 heterocycles. The van der Waals surface area contributed by atoms with Gasteiger partial charge in [0.2, 0.25) is 0 Å². The second kappa shape index (κ2) is 7.24. The molecule has 2 rings (SSSR count). The fraction of sp³-hybridized carbons (Fsp3) is 0. The number of non-ortho nitro benzene ring substituents is 1. The molecule has 0 aliphatic rings. The Balaban J connectivity index is 0.00000220. The molecular formula is C13H9AuClN2O4. The number of amides is 1. The first kappa shape index (κ1) is 17.2. The van der Waals surface area contributed by atoms with Crippen molar-refractivity contribution in [2.75, 3.05) is 5.32 Å². The van der Waals surface area contributed by atoms with Gasteiger partial charge in [-0.15, -0.1) is 0 Å². The Hall–Kier alpha value is -1.86. The zero-order valence-corrected chi connectivity index (χ0v) is 13.3. The first-order valence-electron chi connectivity index (χ1n) is 5.51. The van der Waals surface area contributed by atoms with E-state index in [1.165, 1.54) is 6.07 Å². The minimum atomic E-state index is -0.659. The van der Waals surface area contributed by atoms with Crippen molar-refractivity contribution in [3.05, 3.63) is 63.2 Å². The van der Waals surface area contributed by atoms with E-state index in [0.29, 0.717) is 10.7 Å². The number of carbonyl (C=O) groups excluding carboxylic acids is 1. The van der Waals surface area contributed by atoms with Crippen LogP contribution in [0.4, 0.5) is 11.4 Å². The molecule has 2 aromatic rings. The molecule has 2 N–H and O–H groups in total. The van der Waals surface area contributed by atoms with Gasteiger partial charge in [0.05, 0.1) is 10.5 Å². The molecule has 6 nitrogen and oxygen atoms in total. The van der Waals surface area contributed by atoms with E-state index in [9.17, 15) is 20.0 Å². The van der Waals surface area contributed by atoms with Crippen LogP contribution in [0.1, 0.15) is 10.4 Å². The maximum Gasteiger partial charge on any atom is 0.270 e. The second-order valence-corrected chi connectivity index (χ2v) is 4.36. The number of phenolic OH excluding ortho intramolecular Hbond substituents is 1. The van der Waals surface area contributed by atoms with Gasteiger partial charge in [0.1, 0.15) is 5.75 Å². The molecule has 0 spiro atoms. The molecule has 0 saturated carbocycles. The van der Waals surface area contributed by atoms with E-state index < -0.39 is 10.8 Å². The van der Waals surface area contributed by atoms with Gasteiger partial charge in [-0.25, -0.2) is 0 Å². The number of hydrogen-bond donors (Lipinski definition) is 2. The molecule has 113 valence electrons. The molecular weight excluding hydrogens is 481 g/mol. The van der Waals surface area contributed by atoms with E-state index in [1.807, 2.05) is 0 Å². The molecule has 1 amide bonds. The Morgan fingerprint density at radius 1 is 1.24 bits per heavy atom. The maximum absolute atomic E-state index is 12.0. The maximum atomic E-state index is 12.0. The molecule has 0 unspecified atom stereocenters. The summed E-state index contributed by atoms with van der Waals surface area (Å²) in [6.45, 7) is 0. The third-order valence-corrected chi connectivity index (χ3v) is 2.75. The van der Waals surface area contributed by atoms with Gasteiger partial charge in [-0.2, -0.15) is 0 Å². The van der Waals surface area contributed by atoms with Crippen LogP contribution in [0.3, 0.4) is 0 Å². The largest absolute Gasteiger partial charge is 0.507 e. The Morgan fingerprint density at radius 2 is 1.95 bits per heavy atom. The average Bonchev–Trinajstić information content (AvgIpc) is 2.38. The third-order valence-electron chi connectivity index (χ3n) is 2.52. The fourth-order valence-electron chi connectivity index (χ4n) is 1.58. The first-order valence-corrected chi connectivity index (χ1v) is 5.89. The van der Waals surface area contributed by atoms with Crippen LogP contribution in [0.15, 0.2) is 42.5 Å². The number of benzene rings is 2. The molecule has 0 saturated heterocycles. The number of anilines is 1. The van der Waals surface area contributed by atoms with Crippen LogP contribution in [-0.2, 0) is 22.4 Å². The van der Waals surface area contributed by atoms with Gasteiger partial charge < -0.3 is 10.4 Å². The number of nitro benzene ring substituents is 1. The monoisotopic (exact) mass is 489 g/mol. The number of aromatic hydroxyl groups is 1. The van der Waals surface area contributed by atoms with Crippen molar-refractivity contribution in [3.8, 4) is 5.75 Å². The molecule has 0 aromatic heterocycles. The summed E-state index contributed by atoms with van der Waals surface area (Å²) in [6, 6.07) is 9.64. The van der Waals surface area contributed by atoms with Crippen molar-refractivity contribution in [1.82, 2.24) is 0 Å². The quantitative estimate of drug-likeness (QED) is 0.393. The Morgan fingerprint density at radius 3 is 2.57 bits per heavy atom. The number of carbonyl (C=O) groups is 1. The van der Waals surface area contributed by atoms with Crippen molar-refractivity contribution in [1.29, 1.82) is 0 Å². The predicted octanol–water partition coefficient (Wildman–Crippen LogP) is 3.20. The smallest absolute Gasteiger partial charge is 0.270 e. The van der Waals surface area contributed by atoms with Gasteiger partial charge in [-0.1, -0.05) is 17.7 Å². The van der Waals surface area contributed by atoms with Crippen LogP contribution < -0.4 is 5.32 Å². The molecule has 0 aliphatic carbocycles. The number of nitrogens with one attached hydrogen (secondary N) is 1. The fourth-order valence-corrected chi connectivity index (χ4v) is 1.77. The summed E-state index contributed by atoms with van der Waals surface area (Å²) in [5.41, 5.74) is -0.0355. The summed E-state index contributed by atoms with van der Waals surface area (Å²) in [4.78, 5) is 22.0. The van der Waals surface area contributed by atoms with Crippen LogP contribution in [0, 0.1) is 10.1 Å². The number of rotatable bonds is 3. The topological polar surface area (TPSA) is 92.5 Å². The van der Waals surface area contributed by atoms with E-state index in [2.05, 4.69) is 5.32 Å². The molecule has 2 aromatic carbocycles. The van der Waals surface area contributed by atoms with Crippen molar-refractivity contribution in [3.63, 3.8) is 0 Å². The first-order chi connectivity index (χ1) is 9.47. The SMILES string of the molecule is O=C(Nc1cccc(Cl)c1)c1cc([N+](=O)[O-])ccc1O.[Au]. The van der Waals surface area contributed by atoms with E-state index in [0.717, 1.165) is 18.2 Å². The van der Waals surface area contributed by atoms with E-state index >= 15 is 0 Å². The summed E-state index contributed by atoms with van der Waals surface area (Å²) in [5, 5.41) is 23.2. The Labute approximate surface area is 140 Å². The number of nitro groups is 1. The molecule has 1 radical (unpaired) electrons. The van der Waals surface area contributed by atoms with Crippen molar-refractivity contribution >= 4 is 28.9 Å². The van der Waals surface area contributed by atoms with Crippen molar-refractivity contribution < 1.29 is 37.2 Å². The summed E-state index contributed by atoms with van der Waals surface area (Å²) in [5.74, 6) is -0.997. The van der Waals surface area contributed by atoms with Crippen LogP contribution in [0.5, 0.6) is 5.75 Å². The van der Waals surface area contributed by atoms with Crippen LogP contribution in [0.2, 0.25) is 5.02 Å². The minimum absolute atomic E-state index is 0. The molecule has 0 aliphatic heterocycles. The Kier molecular flexibility index (Phi) is 5.92. The van der Waals surface area contributed by atoms with Crippen molar-refractivity contribution in [2.24, 2.45) is 0 Å². The summed E-state index contributed by atoms with van der Waals surface area (Å²) in [6.07, 6.45) is 0. The number of halogens is 1. The van der Waals surface area contributed by atoms with Crippen LogP contribution in [0.25, 0.3) is 0 Å². The normalized spacial score (nSPS) is 9.57. The van der Waals surface area contributed by atoms with Gasteiger partial charge >= 0.3 is 0 Å². The predicted molar refractivity (Wildman–Crippen MR) is 74.2 cm³/mol. The van der Waals surface area contributed by atoms with Gasteiger partial charge in [-0.05, 0) is 24.3 Å². The van der Waals surface area contributed by atoms with E-state index in [4.69, 9.17) is 11.6 Å². The third kappa shape index (κ3) is 4.30. The van der Waals surface area contributed by atoms with E-state index in [-0.39, 0.29) is 39.4 Å². The summed E-state index contributed by atoms with van der Waals surface area (Å²) < 4.78 is 0. The van der Waals surface area contributed by atoms with Crippen molar-refractivity contribution in [2.45, 2.75) is 0 Å². The van der Waals surface area contributed by atoms with Crippen LogP contribution >= 0.6 is 11.6 Å². The number of phenols is 1. The van der Waals surface area contributed by atoms with Gasteiger partial charge in [0, 0.05) is 45.2 Å². The number of nitrogens with zero attached hydrogens (tertiary/aromatic N) is 1. The Bertz CT molecular complexity index is 694. The van der Waals surface area contributed by atoms with Gasteiger partial charge in [-0.3, -0.25) is 14.9 Å². The standard InChI is InChI=1S/C13H9ClN2O4.Au/c14-8-2-1-3-9(6-8)15-13(18)11-7-10(16(19)20)4-5-12(11)17;/h1-7,17H,(H,15,18);. The van der Waals surface area contributed by atoms with Crippen LogP contribution in [-0.4, -0.2) is 15.9 Å². The van der Waals surface area contributed by atoms with Gasteiger partial charge in [0.25, 0.3) is 11.6 Å². The zero-order chi connectivity index (χ0) is 14.7. The molecule has 0 bridgehead atoms. The molecule has 0 fully saturated rings. The van der Waals surface area contributed by atoms with E-state index in [1.54, 1.807) is 18.2 Å². The second-order valence-electron chi connectivity index (χ2n) is 3.92. The number of hydrogen-bond acceptors (Lipinski definition) is 4. The summed E-state index contributed by atoms with van der Waals surface area (Å²) in [7, 11) is 0. The zero-order valence-electron chi connectivity index (χ0n) is 10.3. The molecule has 0 atom stereocenters. The van der Waals surface area contributed by atoms with Gasteiger partial charge in [0.15, 0.2) is 0 Å². The minimum Gasteiger partial charge on any atom is -0.507 e. The molecule has 8 heteroatoms. The molecule has 21 heavy (non-hydrogen) atoms. The summed E-state index contributed by atoms with van der Waals surface area (Å²) >= 11 is 5.78. The average molecular weight is 490 g/mol.